The van der Waals surface area contributed by atoms with E-state index >= 15 is 0 Å². The summed E-state index contributed by atoms with van der Waals surface area (Å²) < 4.78 is 0. The van der Waals surface area contributed by atoms with E-state index in [0.717, 1.165) is 24.8 Å². The Hall–Kier alpha value is -0.398. The first-order chi connectivity index (χ1) is 11.1. The van der Waals surface area contributed by atoms with Gasteiger partial charge >= 0.3 is 0 Å². The second-order valence-electron chi connectivity index (χ2n) is 8.01. The van der Waals surface area contributed by atoms with Crippen LogP contribution in [0.2, 0.25) is 0 Å². The van der Waals surface area contributed by atoms with Crippen LogP contribution in [-0.2, 0) is 16.0 Å². The molecule has 135 valence electrons. The zero-order valence-corrected chi connectivity index (χ0v) is 20.7. The second-order valence-corrected chi connectivity index (χ2v) is 8.01. The average molecular weight is 556 g/mol. The molecule has 0 bridgehead atoms. The molecule has 1 aromatic carbocycles. The molecule has 0 saturated heterocycles. The van der Waals surface area contributed by atoms with Crippen molar-refractivity contribution < 1.29 is 53.7 Å². The molecule has 1 aliphatic rings. The summed E-state index contributed by atoms with van der Waals surface area (Å²) in [6, 6.07) is 7.41. The van der Waals surface area contributed by atoms with Crippen molar-refractivity contribution in [2.75, 3.05) is 0 Å². The van der Waals surface area contributed by atoms with Gasteiger partial charge in [-0.3, -0.25) is 9.59 Å². The summed E-state index contributed by atoms with van der Waals surface area (Å²) in [5.41, 5.74) is 8.35. The van der Waals surface area contributed by atoms with Crippen LogP contribution in [-0.4, -0.2) is 17.7 Å². The van der Waals surface area contributed by atoms with E-state index in [1.54, 1.807) is 19.1 Å². The van der Waals surface area contributed by atoms with E-state index in [1.807, 2.05) is 39.8 Å². The average Bonchev–Trinajstić information content (AvgIpc) is 2.73. The van der Waals surface area contributed by atoms with Gasteiger partial charge in [-0.25, -0.2) is 0 Å². The molecule has 0 aliphatic heterocycles. The second kappa shape index (κ2) is 8.53. The molecule has 5 heteroatoms. The van der Waals surface area contributed by atoms with Gasteiger partial charge in [0.05, 0.1) is 0 Å². The van der Waals surface area contributed by atoms with Crippen LogP contribution in [0.3, 0.4) is 0 Å². The molecular formula is C20H29AcN2O2-. The predicted molar refractivity (Wildman–Crippen MR) is 97.0 cm³/mol. The Morgan fingerprint density at radius 2 is 1.80 bits per heavy atom. The molecule has 0 aromatic heterocycles. The number of carbonyl (C=O) groups excluding carboxylic acids is 2. The fourth-order valence-electron chi connectivity index (χ4n) is 3.98. The van der Waals surface area contributed by atoms with Gasteiger partial charge in [-0.15, -0.1) is 5.69 Å². The van der Waals surface area contributed by atoms with Gasteiger partial charge in [0, 0.05) is 61.4 Å². The molecule has 0 spiro atoms. The molecule has 1 saturated carbocycles. The van der Waals surface area contributed by atoms with Crippen LogP contribution in [0.5, 0.6) is 0 Å². The minimum Gasteiger partial charge on any atom is -0.699 e. The van der Waals surface area contributed by atoms with Crippen LogP contribution >= 0.6 is 0 Å². The summed E-state index contributed by atoms with van der Waals surface area (Å²) in [4.78, 5) is 24.9. The largest absolute Gasteiger partial charge is 0.699 e. The first kappa shape index (κ1) is 22.6. The van der Waals surface area contributed by atoms with E-state index in [9.17, 15) is 9.59 Å². The van der Waals surface area contributed by atoms with Crippen molar-refractivity contribution >= 4 is 17.4 Å². The molecule has 0 unspecified atom stereocenters. The van der Waals surface area contributed by atoms with Crippen LogP contribution in [0.1, 0.15) is 53.0 Å². The molecule has 3 atom stereocenters. The Balaban J connectivity index is 0.00000312. The number of nitrogens with one attached hydrogen (secondary N) is 2. The number of hydrogen-bond acceptors (Lipinski definition) is 2. The van der Waals surface area contributed by atoms with Crippen LogP contribution in [0.15, 0.2) is 24.3 Å². The van der Waals surface area contributed by atoms with E-state index < -0.39 is 5.41 Å². The smallest absolute Gasteiger partial charge is 0.223 e. The zero-order chi connectivity index (χ0) is 18.1. The van der Waals surface area contributed by atoms with E-state index in [1.165, 1.54) is 0 Å². The molecule has 0 heterocycles. The third-order valence-corrected chi connectivity index (χ3v) is 6.20. The van der Waals surface area contributed by atoms with E-state index in [-0.39, 0.29) is 73.1 Å². The predicted octanol–water partition coefficient (Wildman–Crippen LogP) is 4.45. The topological polar surface area (TPSA) is 70.0 Å². The fourth-order valence-corrected chi connectivity index (χ4v) is 3.98. The first-order valence-electron chi connectivity index (χ1n) is 8.70. The van der Waals surface area contributed by atoms with Crippen molar-refractivity contribution in [1.29, 1.82) is 0 Å². The maximum absolute atomic E-state index is 12.8. The molecule has 1 aliphatic carbocycles. The molecule has 4 nitrogen and oxygen atoms in total. The maximum Gasteiger partial charge on any atom is 0.223 e. The van der Waals surface area contributed by atoms with Crippen molar-refractivity contribution in [3.05, 3.63) is 35.6 Å². The Morgan fingerprint density at radius 3 is 2.28 bits per heavy atom. The number of carbonyl (C=O) groups is 2. The van der Waals surface area contributed by atoms with E-state index in [0.29, 0.717) is 5.69 Å². The minimum absolute atomic E-state index is 0. The molecule has 2 rings (SSSR count). The Morgan fingerprint density at radius 1 is 1.24 bits per heavy atom. The van der Waals surface area contributed by atoms with Crippen molar-refractivity contribution in [3.63, 3.8) is 0 Å². The SMILES string of the molecule is CC(=O)[C@]1(C)CC[C@H](C(=O)N[C@H](C)Cc2ccc([NH-])cc2)C1(C)C.[Ac]. The fraction of sp³-hybridized carbons (Fsp3) is 0.600. The zero-order valence-electron chi connectivity index (χ0n) is 16.0. The van der Waals surface area contributed by atoms with Crippen molar-refractivity contribution in [2.45, 2.75) is 59.9 Å². The summed E-state index contributed by atoms with van der Waals surface area (Å²) in [6.07, 6.45) is 2.27. The first-order valence-corrected chi connectivity index (χ1v) is 8.70. The van der Waals surface area contributed by atoms with E-state index in [4.69, 9.17) is 5.73 Å². The number of rotatable bonds is 5. The maximum atomic E-state index is 12.8. The summed E-state index contributed by atoms with van der Waals surface area (Å²) >= 11 is 0. The van der Waals surface area contributed by atoms with Gasteiger partial charge in [0.15, 0.2) is 0 Å². The molecular weight excluding hydrogens is 527 g/mol. The van der Waals surface area contributed by atoms with Gasteiger partial charge in [0.1, 0.15) is 5.78 Å². The van der Waals surface area contributed by atoms with Crippen molar-refractivity contribution in [1.82, 2.24) is 5.32 Å². The summed E-state index contributed by atoms with van der Waals surface area (Å²) in [5.74, 6) is 0.0883. The van der Waals surface area contributed by atoms with Crippen LogP contribution in [0, 0.1) is 60.8 Å². The third kappa shape index (κ3) is 4.66. The standard InChI is InChI=1S/C20H29N2O2.Ac/c1-13(12-15-6-8-16(21)9-7-15)22-18(24)17-10-11-20(5,14(2)23)19(17,3)4;/h6-9,13,17,21H,10-12H2,1-5H3,(H,22,24);/q-1;/t13-,17-,20+;/m1./s1. The summed E-state index contributed by atoms with van der Waals surface area (Å²) in [7, 11) is 0. The van der Waals surface area contributed by atoms with Crippen LogP contribution < -0.4 is 5.32 Å². The summed E-state index contributed by atoms with van der Waals surface area (Å²) in [6.45, 7) is 9.72. The quantitative estimate of drug-likeness (QED) is 0.583. The van der Waals surface area contributed by atoms with Gasteiger partial charge in [0.2, 0.25) is 5.91 Å². The molecule has 1 aromatic rings. The molecule has 2 N–H and O–H groups in total. The Labute approximate surface area is 187 Å². The van der Waals surface area contributed by atoms with Crippen LogP contribution in [0.25, 0.3) is 5.73 Å². The molecule has 1 fully saturated rings. The van der Waals surface area contributed by atoms with Gasteiger partial charge in [0.25, 0.3) is 0 Å². The molecule has 1 amide bonds. The Kier molecular flexibility index (Phi) is 7.72. The van der Waals surface area contributed by atoms with Crippen molar-refractivity contribution in [2.24, 2.45) is 16.7 Å². The number of ketones is 1. The van der Waals surface area contributed by atoms with Gasteiger partial charge in [-0.05, 0) is 44.1 Å². The number of hydrogen-bond donors (Lipinski definition) is 1. The summed E-state index contributed by atoms with van der Waals surface area (Å²) in [5, 5.41) is 3.12. The number of benzene rings is 1. The molecule has 1 radical (unpaired) electrons. The minimum atomic E-state index is -0.428. The van der Waals surface area contributed by atoms with Gasteiger partial charge in [-0.2, -0.15) is 0 Å². The van der Waals surface area contributed by atoms with Gasteiger partial charge in [-0.1, -0.05) is 45.0 Å². The van der Waals surface area contributed by atoms with Crippen molar-refractivity contribution in [3.8, 4) is 0 Å². The number of amides is 1. The third-order valence-electron chi connectivity index (χ3n) is 6.20. The normalized spacial score (nSPS) is 25.7. The molecule has 25 heavy (non-hydrogen) atoms. The Bertz CT molecular complexity index is 627. The van der Waals surface area contributed by atoms with Crippen LogP contribution in [0.4, 0.5) is 5.69 Å². The van der Waals surface area contributed by atoms with E-state index in [2.05, 4.69) is 5.32 Å². The van der Waals surface area contributed by atoms with Gasteiger partial charge < -0.3 is 11.1 Å². The monoisotopic (exact) mass is 556 g/mol. The number of Topliss-reactive ketones (excluding diaryl/α,β-unsaturated/α-hetero) is 1.